The molecule has 5 nitrogen and oxygen atoms in total. The first-order valence-electron chi connectivity index (χ1n) is 5.19. The number of nitrogens with zero attached hydrogens (tertiary/aromatic N) is 1. The molecule has 0 aromatic heterocycles. The number of nitrogens with one attached hydrogen (secondary N) is 2. The van der Waals surface area contributed by atoms with Crippen LogP contribution in [0.2, 0.25) is 0 Å². The molecule has 1 fully saturated rings. The molecular formula is C11H11F2N3O2. The highest BCUT2D eigenvalue weighted by molar-refractivity contribution is 6.06. The molecule has 0 spiro atoms. The molecule has 1 aromatic rings. The summed E-state index contributed by atoms with van der Waals surface area (Å²) in [5, 5.41) is 5.41. The Morgan fingerprint density at radius 3 is 2.50 bits per heavy atom. The van der Waals surface area contributed by atoms with Crippen LogP contribution in [0.1, 0.15) is 11.6 Å². The van der Waals surface area contributed by atoms with E-state index >= 15 is 0 Å². The molecule has 96 valence electrons. The highest BCUT2D eigenvalue weighted by Gasteiger charge is 2.29. The van der Waals surface area contributed by atoms with Gasteiger partial charge in [-0.25, -0.2) is 0 Å². The minimum atomic E-state index is -2.86. The monoisotopic (exact) mass is 255 g/mol. The minimum absolute atomic E-state index is 0.0523. The van der Waals surface area contributed by atoms with Crippen LogP contribution >= 0.6 is 0 Å². The molecule has 1 heterocycles. The van der Waals surface area contributed by atoms with Crippen LogP contribution in [0.4, 0.5) is 8.78 Å². The second-order valence-electron chi connectivity index (χ2n) is 3.59. The third kappa shape index (κ3) is 2.55. The molecule has 0 bridgehead atoms. The van der Waals surface area contributed by atoms with Crippen LogP contribution in [-0.2, 0) is 4.79 Å². The van der Waals surface area contributed by atoms with Crippen LogP contribution < -0.4 is 15.4 Å². The van der Waals surface area contributed by atoms with Crippen LogP contribution in [0, 0.1) is 0 Å². The number of hydrogen-bond acceptors (Lipinski definition) is 3. The van der Waals surface area contributed by atoms with Crippen LogP contribution in [0.15, 0.2) is 29.3 Å². The molecule has 0 aliphatic carbocycles. The molecule has 18 heavy (non-hydrogen) atoms. The SMILES string of the molecule is CN=C1NC(=O)C(c2ccc(OC(F)F)cc2)N1. The first-order chi connectivity index (χ1) is 8.60. The number of ether oxygens (including phenoxy) is 1. The molecule has 2 rings (SSSR count). The Morgan fingerprint density at radius 2 is 2.00 bits per heavy atom. The summed E-state index contributed by atoms with van der Waals surface area (Å²) in [7, 11) is 1.55. The minimum Gasteiger partial charge on any atom is -0.435 e. The largest absolute Gasteiger partial charge is 0.435 e. The van der Waals surface area contributed by atoms with Crippen molar-refractivity contribution < 1.29 is 18.3 Å². The summed E-state index contributed by atoms with van der Waals surface area (Å²) in [6.07, 6.45) is 0. The number of alkyl halides is 2. The lowest BCUT2D eigenvalue weighted by molar-refractivity contribution is -0.120. The summed E-state index contributed by atoms with van der Waals surface area (Å²) in [5.74, 6) is 0.201. The fraction of sp³-hybridized carbons (Fsp3) is 0.273. The van der Waals surface area contributed by atoms with Gasteiger partial charge in [0.2, 0.25) is 0 Å². The molecule has 0 saturated carbocycles. The number of carbonyl (C=O) groups excluding carboxylic acids is 1. The Morgan fingerprint density at radius 1 is 1.33 bits per heavy atom. The summed E-state index contributed by atoms with van der Waals surface area (Å²) in [5.41, 5.74) is 0.646. The van der Waals surface area contributed by atoms with E-state index < -0.39 is 12.7 Å². The predicted molar refractivity (Wildman–Crippen MR) is 60.5 cm³/mol. The average molecular weight is 255 g/mol. The van der Waals surface area contributed by atoms with Gasteiger partial charge in [-0.3, -0.25) is 15.1 Å². The number of amides is 1. The highest BCUT2D eigenvalue weighted by Crippen LogP contribution is 2.21. The summed E-state index contributed by atoms with van der Waals surface area (Å²) in [4.78, 5) is 15.4. The van der Waals surface area contributed by atoms with Crippen molar-refractivity contribution in [1.29, 1.82) is 0 Å². The summed E-state index contributed by atoms with van der Waals surface area (Å²) < 4.78 is 28.2. The van der Waals surface area contributed by atoms with Gasteiger partial charge in [-0.05, 0) is 17.7 Å². The number of aliphatic imine (C=N–C) groups is 1. The van der Waals surface area contributed by atoms with Gasteiger partial charge in [-0.2, -0.15) is 8.78 Å². The Balaban J connectivity index is 2.13. The number of hydrogen-bond donors (Lipinski definition) is 2. The van der Waals surface area contributed by atoms with Crippen molar-refractivity contribution in [2.45, 2.75) is 12.7 Å². The molecule has 1 saturated heterocycles. The number of guanidine groups is 1. The zero-order valence-corrected chi connectivity index (χ0v) is 9.48. The van der Waals surface area contributed by atoms with E-state index in [0.717, 1.165) is 0 Å². The average Bonchev–Trinajstić information content (AvgIpc) is 2.71. The van der Waals surface area contributed by atoms with Gasteiger partial charge in [0.05, 0.1) is 0 Å². The van der Waals surface area contributed by atoms with E-state index in [4.69, 9.17) is 0 Å². The fourth-order valence-corrected chi connectivity index (χ4v) is 1.62. The van der Waals surface area contributed by atoms with Crippen molar-refractivity contribution in [1.82, 2.24) is 10.6 Å². The molecule has 1 unspecified atom stereocenters. The number of halogens is 2. The highest BCUT2D eigenvalue weighted by atomic mass is 19.3. The van der Waals surface area contributed by atoms with Crippen LogP contribution in [0.5, 0.6) is 5.75 Å². The van der Waals surface area contributed by atoms with Crippen LogP contribution in [-0.4, -0.2) is 25.5 Å². The fourth-order valence-electron chi connectivity index (χ4n) is 1.62. The molecule has 1 aliphatic rings. The van der Waals surface area contributed by atoms with Gasteiger partial charge in [0.15, 0.2) is 5.96 Å². The van der Waals surface area contributed by atoms with Gasteiger partial charge in [0.25, 0.3) is 5.91 Å². The molecule has 7 heteroatoms. The van der Waals surface area contributed by atoms with E-state index in [0.29, 0.717) is 11.5 Å². The van der Waals surface area contributed by atoms with Crippen molar-refractivity contribution in [3.05, 3.63) is 29.8 Å². The smallest absolute Gasteiger partial charge is 0.387 e. The Kier molecular flexibility index (Phi) is 3.40. The van der Waals surface area contributed by atoms with Gasteiger partial charge < -0.3 is 10.1 Å². The van der Waals surface area contributed by atoms with Gasteiger partial charge in [-0.1, -0.05) is 12.1 Å². The van der Waals surface area contributed by atoms with Crippen molar-refractivity contribution in [3.8, 4) is 5.75 Å². The van der Waals surface area contributed by atoms with Crippen molar-refractivity contribution in [3.63, 3.8) is 0 Å². The second-order valence-corrected chi connectivity index (χ2v) is 3.59. The molecule has 1 amide bonds. The van der Waals surface area contributed by atoms with Crippen molar-refractivity contribution >= 4 is 11.9 Å². The van der Waals surface area contributed by atoms with Gasteiger partial charge in [0.1, 0.15) is 11.8 Å². The number of benzene rings is 1. The van der Waals surface area contributed by atoms with Crippen molar-refractivity contribution in [2.24, 2.45) is 4.99 Å². The molecule has 1 atom stereocenters. The molecule has 0 radical (unpaired) electrons. The third-order valence-electron chi connectivity index (χ3n) is 2.45. The zero-order chi connectivity index (χ0) is 13.1. The van der Waals surface area contributed by atoms with E-state index in [1.54, 1.807) is 19.2 Å². The first kappa shape index (κ1) is 12.3. The van der Waals surface area contributed by atoms with Gasteiger partial charge in [0, 0.05) is 7.05 Å². The van der Waals surface area contributed by atoms with E-state index in [1.807, 2.05) is 0 Å². The summed E-state index contributed by atoms with van der Waals surface area (Å²) >= 11 is 0. The van der Waals surface area contributed by atoms with Crippen molar-refractivity contribution in [2.75, 3.05) is 7.05 Å². The topological polar surface area (TPSA) is 62.7 Å². The lowest BCUT2D eigenvalue weighted by Gasteiger charge is -2.09. The van der Waals surface area contributed by atoms with E-state index in [9.17, 15) is 13.6 Å². The maximum atomic E-state index is 12.0. The van der Waals surface area contributed by atoms with E-state index in [-0.39, 0.29) is 11.7 Å². The Bertz CT molecular complexity index is 474. The molecule has 1 aliphatic heterocycles. The molecular weight excluding hydrogens is 244 g/mol. The second kappa shape index (κ2) is 4.99. The maximum Gasteiger partial charge on any atom is 0.387 e. The molecule has 1 aromatic carbocycles. The van der Waals surface area contributed by atoms with Crippen LogP contribution in [0.25, 0.3) is 0 Å². The lowest BCUT2D eigenvalue weighted by atomic mass is 10.1. The van der Waals surface area contributed by atoms with E-state index in [2.05, 4.69) is 20.4 Å². The zero-order valence-electron chi connectivity index (χ0n) is 9.48. The quantitative estimate of drug-likeness (QED) is 0.848. The first-order valence-corrected chi connectivity index (χ1v) is 5.19. The van der Waals surface area contributed by atoms with Gasteiger partial charge >= 0.3 is 6.61 Å². The lowest BCUT2D eigenvalue weighted by Crippen LogP contribution is -2.24. The standard InChI is InChI=1S/C11H11F2N3O2/c1-14-11-15-8(9(17)16-11)6-2-4-7(5-3-6)18-10(12)13/h2-5,8,10H,1H3,(H2,14,15,16,17). The molecule has 2 N–H and O–H groups in total. The normalized spacial score (nSPS) is 21.0. The third-order valence-corrected chi connectivity index (χ3v) is 2.45. The Hall–Kier alpha value is -2.18. The predicted octanol–water partition coefficient (Wildman–Crippen LogP) is 1.03. The summed E-state index contributed by atoms with van der Waals surface area (Å²) in [6, 6.07) is 5.31. The van der Waals surface area contributed by atoms with Gasteiger partial charge in [-0.15, -0.1) is 0 Å². The summed E-state index contributed by atoms with van der Waals surface area (Å²) in [6.45, 7) is -2.86. The van der Waals surface area contributed by atoms with E-state index in [1.165, 1.54) is 12.1 Å². The maximum absolute atomic E-state index is 12.0. The number of carbonyl (C=O) groups is 1. The Labute approximate surface area is 102 Å². The van der Waals surface area contributed by atoms with Crippen LogP contribution in [0.3, 0.4) is 0 Å². The number of rotatable bonds is 3.